The fourth-order valence-corrected chi connectivity index (χ4v) is 2.16. The van der Waals surface area contributed by atoms with E-state index in [0.29, 0.717) is 11.4 Å². The number of rotatable bonds is 6. The van der Waals surface area contributed by atoms with E-state index in [1.807, 2.05) is 13.2 Å². The lowest BCUT2D eigenvalue weighted by Gasteiger charge is -2.24. The molecule has 0 aliphatic carbocycles. The number of thioether (sulfide) groups is 1. The minimum Gasteiger partial charge on any atom is -0.484 e. The zero-order valence-electron chi connectivity index (χ0n) is 11.1. The van der Waals surface area contributed by atoms with Gasteiger partial charge in [0.2, 0.25) is 0 Å². The van der Waals surface area contributed by atoms with E-state index in [4.69, 9.17) is 10.5 Å². The van der Waals surface area contributed by atoms with Crippen molar-refractivity contribution in [2.75, 3.05) is 31.4 Å². The van der Waals surface area contributed by atoms with Crippen LogP contribution in [0.5, 0.6) is 5.75 Å². The van der Waals surface area contributed by atoms with Gasteiger partial charge in [-0.2, -0.15) is 11.8 Å². The molecule has 0 aromatic heterocycles. The minimum absolute atomic E-state index is 0.0287. The van der Waals surface area contributed by atoms with Crippen LogP contribution in [0.15, 0.2) is 24.3 Å². The average molecular weight is 268 g/mol. The number of likely N-dealkylation sites (N-methyl/N-ethyl adjacent to an activating group) is 1. The molecule has 100 valence electrons. The third-order valence-electron chi connectivity index (χ3n) is 2.68. The molecular weight excluding hydrogens is 248 g/mol. The Morgan fingerprint density at radius 1 is 1.56 bits per heavy atom. The van der Waals surface area contributed by atoms with Gasteiger partial charge >= 0.3 is 0 Å². The summed E-state index contributed by atoms with van der Waals surface area (Å²) < 4.78 is 5.42. The number of carbonyl (C=O) groups is 1. The molecular formula is C13H20N2O2S. The molecule has 0 fully saturated rings. The molecule has 1 aromatic carbocycles. The Kier molecular flexibility index (Phi) is 5.85. The highest BCUT2D eigenvalue weighted by Crippen LogP contribution is 2.14. The summed E-state index contributed by atoms with van der Waals surface area (Å²) in [4.78, 5) is 13.6. The summed E-state index contributed by atoms with van der Waals surface area (Å²) in [6.07, 6.45) is 2.03. The fourth-order valence-electron chi connectivity index (χ4n) is 1.45. The number of amides is 1. The average Bonchev–Trinajstić information content (AvgIpc) is 2.35. The Hall–Kier alpha value is -1.36. The van der Waals surface area contributed by atoms with E-state index in [9.17, 15) is 4.79 Å². The molecule has 18 heavy (non-hydrogen) atoms. The maximum Gasteiger partial charge on any atom is 0.260 e. The fraction of sp³-hybridized carbons (Fsp3) is 0.462. The smallest absolute Gasteiger partial charge is 0.260 e. The Bertz CT molecular complexity index is 398. The number of hydrogen-bond donors (Lipinski definition) is 1. The highest BCUT2D eigenvalue weighted by atomic mass is 32.2. The lowest BCUT2D eigenvalue weighted by molar-refractivity contribution is -0.133. The summed E-state index contributed by atoms with van der Waals surface area (Å²) in [6.45, 7) is 2.06. The number of hydrogen-bond acceptors (Lipinski definition) is 4. The van der Waals surface area contributed by atoms with Gasteiger partial charge in [0.05, 0.1) is 0 Å². The normalized spacial score (nSPS) is 11.9. The molecule has 0 saturated heterocycles. The van der Waals surface area contributed by atoms with Crippen molar-refractivity contribution < 1.29 is 9.53 Å². The summed E-state index contributed by atoms with van der Waals surface area (Å²) in [7, 11) is 1.80. The summed E-state index contributed by atoms with van der Waals surface area (Å²) in [5.74, 6) is 1.51. The lowest BCUT2D eigenvalue weighted by Crippen LogP contribution is -2.39. The Morgan fingerprint density at radius 3 is 2.89 bits per heavy atom. The van der Waals surface area contributed by atoms with Crippen LogP contribution in [0.2, 0.25) is 0 Å². The molecule has 0 spiro atoms. The summed E-state index contributed by atoms with van der Waals surface area (Å²) >= 11 is 1.72. The van der Waals surface area contributed by atoms with Gasteiger partial charge < -0.3 is 15.4 Å². The first kappa shape index (κ1) is 14.7. The van der Waals surface area contributed by atoms with Crippen LogP contribution >= 0.6 is 11.8 Å². The van der Waals surface area contributed by atoms with E-state index in [0.717, 1.165) is 5.75 Å². The molecule has 5 heteroatoms. The van der Waals surface area contributed by atoms with Gasteiger partial charge in [0, 0.05) is 30.6 Å². The lowest BCUT2D eigenvalue weighted by atomic mass is 10.3. The molecule has 0 heterocycles. The number of anilines is 1. The van der Waals surface area contributed by atoms with Crippen LogP contribution in [0, 0.1) is 0 Å². The second-order valence-corrected chi connectivity index (χ2v) is 5.08. The zero-order valence-corrected chi connectivity index (χ0v) is 11.9. The van der Waals surface area contributed by atoms with E-state index < -0.39 is 0 Å². The van der Waals surface area contributed by atoms with Gasteiger partial charge in [0.15, 0.2) is 6.61 Å². The first-order valence-corrected chi connectivity index (χ1v) is 7.17. The third-order valence-corrected chi connectivity index (χ3v) is 3.50. The Morgan fingerprint density at radius 2 is 2.28 bits per heavy atom. The highest BCUT2D eigenvalue weighted by molar-refractivity contribution is 7.98. The van der Waals surface area contributed by atoms with E-state index >= 15 is 0 Å². The molecule has 0 bridgehead atoms. The third kappa shape index (κ3) is 4.49. The van der Waals surface area contributed by atoms with Crippen LogP contribution in [0.3, 0.4) is 0 Å². The maximum absolute atomic E-state index is 11.9. The second kappa shape index (κ2) is 7.16. The van der Waals surface area contributed by atoms with Gasteiger partial charge in [-0.25, -0.2) is 0 Å². The monoisotopic (exact) mass is 268 g/mol. The number of nitrogens with zero attached hydrogens (tertiary/aromatic N) is 1. The van der Waals surface area contributed by atoms with Gasteiger partial charge in [0.1, 0.15) is 5.75 Å². The van der Waals surface area contributed by atoms with Crippen molar-refractivity contribution >= 4 is 23.4 Å². The maximum atomic E-state index is 11.9. The van der Waals surface area contributed by atoms with Crippen molar-refractivity contribution in [1.82, 2.24) is 4.90 Å². The van der Waals surface area contributed by atoms with Crippen LogP contribution in [0.4, 0.5) is 5.69 Å². The molecule has 1 unspecified atom stereocenters. The van der Waals surface area contributed by atoms with Crippen LogP contribution in [-0.2, 0) is 4.79 Å². The van der Waals surface area contributed by atoms with Crippen LogP contribution in [0.1, 0.15) is 6.92 Å². The Balaban J connectivity index is 2.45. The first-order chi connectivity index (χ1) is 8.54. The van der Waals surface area contributed by atoms with E-state index in [2.05, 4.69) is 0 Å². The van der Waals surface area contributed by atoms with Crippen molar-refractivity contribution in [3.8, 4) is 5.75 Å². The molecule has 2 N–H and O–H groups in total. The van der Waals surface area contributed by atoms with Crippen LogP contribution < -0.4 is 10.5 Å². The standard InChI is InChI=1S/C13H20N2O2S/c1-10(9-18-3)15(2)13(16)8-17-12-6-4-5-11(14)7-12/h4-7,10H,8-9,14H2,1-3H3. The molecule has 4 nitrogen and oxygen atoms in total. The van der Waals surface area contributed by atoms with Gasteiger partial charge in [0.25, 0.3) is 5.91 Å². The zero-order chi connectivity index (χ0) is 13.5. The Labute approximate surface area is 112 Å². The molecule has 0 radical (unpaired) electrons. The van der Waals surface area contributed by atoms with Gasteiger partial charge in [-0.1, -0.05) is 6.07 Å². The molecule has 1 atom stereocenters. The molecule has 1 aromatic rings. The number of nitrogen functional groups attached to an aromatic ring is 1. The van der Waals surface area contributed by atoms with Crippen molar-refractivity contribution in [1.29, 1.82) is 0 Å². The number of benzene rings is 1. The topological polar surface area (TPSA) is 55.6 Å². The second-order valence-electron chi connectivity index (χ2n) is 4.17. The number of ether oxygens (including phenoxy) is 1. The van der Waals surface area contributed by atoms with E-state index in [1.54, 1.807) is 48.0 Å². The largest absolute Gasteiger partial charge is 0.484 e. The molecule has 0 aliphatic heterocycles. The predicted octanol–water partition coefficient (Wildman–Crippen LogP) is 1.86. The number of carbonyl (C=O) groups excluding carboxylic acids is 1. The van der Waals surface area contributed by atoms with Crippen molar-refractivity contribution in [3.63, 3.8) is 0 Å². The van der Waals surface area contributed by atoms with Crippen molar-refractivity contribution in [3.05, 3.63) is 24.3 Å². The van der Waals surface area contributed by atoms with Gasteiger partial charge in [-0.3, -0.25) is 4.79 Å². The predicted molar refractivity (Wildman–Crippen MR) is 77.0 cm³/mol. The summed E-state index contributed by atoms with van der Waals surface area (Å²) in [6, 6.07) is 7.28. The summed E-state index contributed by atoms with van der Waals surface area (Å²) in [5.41, 5.74) is 6.26. The van der Waals surface area contributed by atoms with Crippen molar-refractivity contribution in [2.45, 2.75) is 13.0 Å². The molecule has 1 rings (SSSR count). The minimum atomic E-state index is -0.0287. The van der Waals surface area contributed by atoms with Gasteiger partial charge in [-0.05, 0) is 25.3 Å². The molecule has 1 amide bonds. The highest BCUT2D eigenvalue weighted by Gasteiger charge is 2.15. The van der Waals surface area contributed by atoms with Crippen LogP contribution in [0.25, 0.3) is 0 Å². The number of nitrogens with two attached hydrogens (primary N) is 1. The SMILES string of the molecule is CSCC(C)N(C)C(=O)COc1cccc(N)c1. The van der Waals surface area contributed by atoms with Crippen LogP contribution in [-0.4, -0.2) is 42.5 Å². The van der Waals surface area contributed by atoms with E-state index in [-0.39, 0.29) is 18.6 Å². The van der Waals surface area contributed by atoms with Crippen molar-refractivity contribution in [2.24, 2.45) is 0 Å². The molecule has 0 aliphatic rings. The summed E-state index contributed by atoms with van der Waals surface area (Å²) in [5, 5.41) is 0. The molecule has 0 saturated carbocycles. The van der Waals surface area contributed by atoms with E-state index in [1.165, 1.54) is 0 Å². The van der Waals surface area contributed by atoms with Gasteiger partial charge in [-0.15, -0.1) is 0 Å². The quantitative estimate of drug-likeness (QED) is 0.800. The first-order valence-electron chi connectivity index (χ1n) is 5.77.